The van der Waals surface area contributed by atoms with Gasteiger partial charge in [-0.25, -0.2) is 13.7 Å². The third-order valence-corrected chi connectivity index (χ3v) is 5.39. The summed E-state index contributed by atoms with van der Waals surface area (Å²) in [4.78, 5) is 12.6. The van der Waals surface area contributed by atoms with E-state index in [9.17, 15) is 9.18 Å². The molecule has 2 atom stereocenters. The number of nitrogens with two attached hydrogens (primary N) is 1. The van der Waals surface area contributed by atoms with Gasteiger partial charge in [-0.2, -0.15) is 5.10 Å². The van der Waals surface area contributed by atoms with Gasteiger partial charge >= 0.3 is 0 Å². The van der Waals surface area contributed by atoms with E-state index in [4.69, 9.17) is 5.84 Å². The summed E-state index contributed by atoms with van der Waals surface area (Å²) in [5.74, 6) is 6.43. The Morgan fingerprint density at radius 1 is 1.32 bits per heavy atom. The van der Waals surface area contributed by atoms with Gasteiger partial charge < -0.3 is 11.2 Å². The summed E-state index contributed by atoms with van der Waals surface area (Å²) < 4.78 is 16.5. The van der Waals surface area contributed by atoms with Crippen molar-refractivity contribution in [3.63, 3.8) is 0 Å². The number of aromatic nitrogens is 5. The number of hydrogen-bond donors (Lipinski definition) is 2. The van der Waals surface area contributed by atoms with Crippen molar-refractivity contribution >= 4 is 23.5 Å². The summed E-state index contributed by atoms with van der Waals surface area (Å²) in [7, 11) is 0. The maximum absolute atomic E-state index is 13.4. The number of halogens is 1. The van der Waals surface area contributed by atoms with Crippen LogP contribution in [-0.2, 0) is 4.79 Å². The Hall–Kier alpha value is -2.88. The van der Waals surface area contributed by atoms with E-state index < -0.39 is 5.25 Å². The van der Waals surface area contributed by atoms with E-state index in [0.29, 0.717) is 22.4 Å². The first-order chi connectivity index (χ1) is 13.4. The predicted molar refractivity (Wildman–Crippen MR) is 107 cm³/mol. The van der Waals surface area contributed by atoms with Crippen LogP contribution in [0.1, 0.15) is 33.2 Å². The molecule has 1 amide bonds. The number of anilines is 1. The van der Waals surface area contributed by atoms with Crippen LogP contribution in [0, 0.1) is 5.82 Å². The Morgan fingerprint density at radius 3 is 2.82 bits per heavy atom. The number of hydrogen-bond acceptors (Lipinski definition) is 6. The molecule has 2 aromatic heterocycles. The van der Waals surface area contributed by atoms with Gasteiger partial charge in [-0.3, -0.25) is 4.79 Å². The summed E-state index contributed by atoms with van der Waals surface area (Å²) in [5.41, 5.74) is 0.511. The first-order valence-corrected chi connectivity index (χ1v) is 9.76. The van der Waals surface area contributed by atoms with Crippen LogP contribution in [0.4, 0.5) is 10.2 Å². The molecule has 0 aliphatic carbocycles. The van der Waals surface area contributed by atoms with Crippen LogP contribution < -0.4 is 11.2 Å². The number of amides is 1. The highest BCUT2D eigenvalue weighted by Crippen LogP contribution is 2.26. The standard InChI is InChI=1S/C18H22FN7OS/c1-4-11(2)26-15(8-9-21-26)22-17(27)12(3)28-18-24-23-16(25(18)20)13-6-5-7-14(19)10-13/h5-12H,4,20H2,1-3H3,(H,22,27)/t11-,12+/m0/s1. The normalized spacial score (nSPS) is 13.3. The van der Waals surface area contributed by atoms with Gasteiger partial charge in [0.1, 0.15) is 11.6 Å². The number of carbonyl (C=O) groups excluding carboxylic acids is 1. The lowest BCUT2D eigenvalue weighted by Gasteiger charge is -2.16. The predicted octanol–water partition coefficient (Wildman–Crippen LogP) is 3.08. The molecule has 3 N–H and O–H groups in total. The van der Waals surface area contributed by atoms with Gasteiger partial charge in [0.2, 0.25) is 11.1 Å². The third-order valence-electron chi connectivity index (χ3n) is 4.33. The second kappa shape index (κ2) is 8.42. The number of nitrogen functional groups attached to an aromatic ring is 1. The second-order valence-electron chi connectivity index (χ2n) is 6.35. The maximum Gasteiger partial charge on any atom is 0.238 e. The van der Waals surface area contributed by atoms with Crippen molar-refractivity contribution in [3.8, 4) is 11.4 Å². The molecule has 0 saturated heterocycles. The minimum absolute atomic E-state index is 0.175. The Bertz CT molecular complexity index is 971. The minimum Gasteiger partial charge on any atom is -0.335 e. The molecule has 2 heterocycles. The van der Waals surface area contributed by atoms with E-state index >= 15 is 0 Å². The molecule has 0 bridgehead atoms. The van der Waals surface area contributed by atoms with Gasteiger partial charge in [0.25, 0.3) is 0 Å². The summed E-state index contributed by atoms with van der Waals surface area (Å²) in [6, 6.07) is 7.87. The van der Waals surface area contributed by atoms with Crippen molar-refractivity contribution < 1.29 is 9.18 Å². The van der Waals surface area contributed by atoms with E-state index in [2.05, 4.69) is 27.5 Å². The largest absolute Gasteiger partial charge is 0.335 e. The van der Waals surface area contributed by atoms with E-state index in [1.165, 1.54) is 28.6 Å². The minimum atomic E-state index is -0.479. The smallest absolute Gasteiger partial charge is 0.238 e. The zero-order valence-electron chi connectivity index (χ0n) is 15.8. The van der Waals surface area contributed by atoms with Crippen molar-refractivity contribution in [2.45, 2.75) is 43.6 Å². The van der Waals surface area contributed by atoms with E-state index in [1.807, 2.05) is 6.92 Å². The molecule has 0 unspecified atom stereocenters. The number of benzene rings is 1. The average molecular weight is 403 g/mol. The first kappa shape index (κ1) is 19.9. The highest BCUT2D eigenvalue weighted by Gasteiger charge is 2.21. The van der Waals surface area contributed by atoms with Crippen LogP contribution in [0.25, 0.3) is 11.4 Å². The number of nitrogens with one attached hydrogen (secondary N) is 1. The molecule has 28 heavy (non-hydrogen) atoms. The second-order valence-corrected chi connectivity index (χ2v) is 7.66. The quantitative estimate of drug-likeness (QED) is 0.464. The number of carbonyl (C=O) groups is 1. The van der Waals surface area contributed by atoms with Gasteiger partial charge in [0.15, 0.2) is 5.82 Å². The zero-order valence-corrected chi connectivity index (χ0v) is 16.7. The van der Waals surface area contributed by atoms with Crippen molar-refractivity contribution in [2.24, 2.45) is 0 Å². The van der Waals surface area contributed by atoms with Crippen molar-refractivity contribution in [2.75, 3.05) is 11.2 Å². The molecule has 3 aromatic rings. The molecule has 1 aromatic carbocycles. The molecule has 10 heteroatoms. The fraction of sp³-hybridized carbons (Fsp3) is 0.333. The topological polar surface area (TPSA) is 104 Å². The van der Waals surface area contributed by atoms with Crippen molar-refractivity contribution in [1.29, 1.82) is 0 Å². The molecule has 3 rings (SSSR count). The lowest BCUT2D eigenvalue weighted by Crippen LogP contribution is -2.25. The van der Waals surface area contributed by atoms with Gasteiger partial charge in [-0.05, 0) is 32.4 Å². The maximum atomic E-state index is 13.4. The van der Waals surface area contributed by atoms with Gasteiger partial charge in [-0.1, -0.05) is 30.8 Å². The van der Waals surface area contributed by atoms with Crippen LogP contribution in [0.5, 0.6) is 0 Å². The molecule has 0 aliphatic rings. The fourth-order valence-corrected chi connectivity index (χ4v) is 3.33. The lowest BCUT2D eigenvalue weighted by molar-refractivity contribution is -0.115. The third kappa shape index (κ3) is 4.16. The number of thioether (sulfide) groups is 1. The van der Waals surface area contributed by atoms with Crippen LogP contribution in [0.15, 0.2) is 41.7 Å². The molecule has 0 radical (unpaired) electrons. The van der Waals surface area contributed by atoms with Gasteiger partial charge in [-0.15, -0.1) is 10.2 Å². The molecule has 0 saturated carbocycles. The molecule has 0 fully saturated rings. The fourth-order valence-electron chi connectivity index (χ4n) is 2.56. The molecular formula is C18H22FN7OS. The summed E-state index contributed by atoms with van der Waals surface area (Å²) in [5, 5.41) is 15.1. The Morgan fingerprint density at radius 2 is 2.11 bits per heavy atom. The molecule has 0 spiro atoms. The summed E-state index contributed by atoms with van der Waals surface area (Å²) in [6.07, 6.45) is 2.55. The zero-order chi connectivity index (χ0) is 20.3. The van der Waals surface area contributed by atoms with Crippen LogP contribution in [0.3, 0.4) is 0 Å². The molecule has 0 aliphatic heterocycles. The highest BCUT2D eigenvalue weighted by molar-refractivity contribution is 8.00. The summed E-state index contributed by atoms with van der Waals surface area (Å²) in [6.45, 7) is 5.84. The van der Waals surface area contributed by atoms with E-state index in [-0.39, 0.29) is 17.8 Å². The number of rotatable bonds is 7. The van der Waals surface area contributed by atoms with Crippen LogP contribution >= 0.6 is 11.8 Å². The van der Waals surface area contributed by atoms with Crippen LogP contribution in [-0.4, -0.2) is 35.8 Å². The van der Waals surface area contributed by atoms with E-state index in [0.717, 1.165) is 6.42 Å². The molecule has 148 valence electrons. The first-order valence-electron chi connectivity index (χ1n) is 8.88. The van der Waals surface area contributed by atoms with Crippen molar-refractivity contribution in [3.05, 3.63) is 42.3 Å². The molecule has 8 nitrogen and oxygen atoms in total. The average Bonchev–Trinajstić information content (AvgIpc) is 3.28. The Labute approximate surface area is 166 Å². The van der Waals surface area contributed by atoms with E-state index in [1.54, 1.807) is 36.0 Å². The SMILES string of the molecule is CC[C@H](C)n1nccc1NC(=O)[C@@H](C)Sc1nnc(-c2cccc(F)c2)n1N. The van der Waals surface area contributed by atoms with Gasteiger partial charge in [0.05, 0.1) is 17.5 Å². The van der Waals surface area contributed by atoms with Crippen LogP contribution in [0.2, 0.25) is 0 Å². The molecular weight excluding hydrogens is 381 g/mol. The number of nitrogens with zero attached hydrogens (tertiary/aromatic N) is 5. The highest BCUT2D eigenvalue weighted by atomic mass is 32.2. The van der Waals surface area contributed by atoms with Crippen molar-refractivity contribution in [1.82, 2.24) is 24.7 Å². The van der Waals surface area contributed by atoms with Gasteiger partial charge in [0, 0.05) is 11.6 Å². The Kier molecular flexibility index (Phi) is 5.98. The summed E-state index contributed by atoms with van der Waals surface area (Å²) >= 11 is 1.17. The monoisotopic (exact) mass is 403 g/mol. The Balaban J connectivity index is 1.71. The lowest BCUT2D eigenvalue weighted by atomic mass is 10.2.